The van der Waals surface area contributed by atoms with E-state index in [1.807, 2.05) is 12.1 Å². The van der Waals surface area contributed by atoms with Gasteiger partial charge in [-0.05, 0) is 68.1 Å². The summed E-state index contributed by atoms with van der Waals surface area (Å²) >= 11 is 0. The number of phenols is 1. The first-order chi connectivity index (χ1) is 10.3. The fourth-order valence-electron chi connectivity index (χ4n) is 3.52. The van der Waals surface area contributed by atoms with E-state index in [1.165, 1.54) is 33.0 Å². The summed E-state index contributed by atoms with van der Waals surface area (Å²) in [5, 5.41) is 14.6. The molecule has 0 heterocycles. The average molecular weight is 268 g/mol. The number of phenolic OH excluding ortho intramolecular Hbond substituents is 1. The largest absolute Gasteiger partial charge is 0.508 e. The summed E-state index contributed by atoms with van der Waals surface area (Å²) in [6, 6.07) is 22.9. The van der Waals surface area contributed by atoms with E-state index in [1.54, 1.807) is 6.07 Å². The predicted molar refractivity (Wildman–Crippen MR) is 87.5 cm³/mol. The lowest BCUT2D eigenvalue weighted by Crippen LogP contribution is -1.79. The first-order valence-corrected chi connectivity index (χ1v) is 7.10. The summed E-state index contributed by atoms with van der Waals surface area (Å²) in [6.07, 6.45) is 0. The zero-order chi connectivity index (χ0) is 14.0. The molecule has 98 valence electrons. The normalized spacial score (nSPS) is 12.0. The SMILES string of the molecule is Oc1ccc2cc3c(cc2c1)-c1cccc2cccc-3c12. The van der Waals surface area contributed by atoms with Crippen LogP contribution in [0.5, 0.6) is 5.75 Å². The molecule has 0 aromatic heterocycles. The summed E-state index contributed by atoms with van der Waals surface area (Å²) in [7, 11) is 0. The molecule has 1 aliphatic rings. The summed E-state index contributed by atoms with van der Waals surface area (Å²) in [5.41, 5.74) is 5.16. The Morgan fingerprint density at radius 3 is 1.90 bits per heavy atom. The lowest BCUT2D eigenvalue weighted by molar-refractivity contribution is 0.476. The average Bonchev–Trinajstić information content (AvgIpc) is 2.82. The molecule has 0 bridgehead atoms. The smallest absolute Gasteiger partial charge is 0.116 e. The van der Waals surface area contributed by atoms with E-state index in [-0.39, 0.29) is 0 Å². The van der Waals surface area contributed by atoms with Crippen molar-refractivity contribution in [1.29, 1.82) is 0 Å². The fourth-order valence-corrected chi connectivity index (χ4v) is 3.52. The van der Waals surface area contributed by atoms with Gasteiger partial charge in [0.25, 0.3) is 0 Å². The van der Waals surface area contributed by atoms with Crippen LogP contribution in [0.15, 0.2) is 66.7 Å². The molecule has 0 fully saturated rings. The molecule has 1 nitrogen and oxygen atoms in total. The van der Waals surface area contributed by atoms with Crippen LogP contribution in [0.2, 0.25) is 0 Å². The van der Waals surface area contributed by atoms with Crippen molar-refractivity contribution >= 4 is 21.5 Å². The third kappa shape index (κ3) is 1.35. The van der Waals surface area contributed by atoms with E-state index < -0.39 is 0 Å². The van der Waals surface area contributed by atoms with Gasteiger partial charge in [-0.2, -0.15) is 0 Å². The maximum absolute atomic E-state index is 9.70. The summed E-state index contributed by atoms with van der Waals surface area (Å²) in [5.74, 6) is 0.316. The number of hydrogen-bond acceptors (Lipinski definition) is 1. The quantitative estimate of drug-likeness (QED) is 0.401. The molecule has 0 amide bonds. The second-order valence-electron chi connectivity index (χ2n) is 5.64. The van der Waals surface area contributed by atoms with Crippen molar-refractivity contribution in [1.82, 2.24) is 0 Å². The van der Waals surface area contributed by atoms with Gasteiger partial charge < -0.3 is 5.11 Å². The molecule has 1 N–H and O–H groups in total. The number of benzene rings is 4. The Morgan fingerprint density at radius 1 is 0.524 bits per heavy atom. The van der Waals surface area contributed by atoms with E-state index in [4.69, 9.17) is 0 Å². The third-order valence-corrected chi connectivity index (χ3v) is 4.45. The molecule has 0 aliphatic heterocycles. The van der Waals surface area contributed by atoms with E-state index in [2.05, 4.69) is 48.5 Å². The minimum atomic E-state index is 0.316. The van der Waals surface area contributed by atoms with Crippen molar-refractivity contribution in [3.05, 3.63) is 66.7 Å². The standard InChI is InChI=1S/C20H12O/c21-15-8-7-13-10-18-16-5-1-3-12-4-2-6-17(20(12)16)19(18)11-14(13)9-15/h1-11,21H. The summed E-state index contributed by atoms with van der Waals surface area (Å²) < 4.78 is 0. The van der Waals surface area contributed by atoms with Crippen LogP contribution in [-0.4, -0.2) is 5.11 Å². The maximum atomic E-state index is 9.70. The van der Waals surface area contributed by atoms with Crippen molar-refractivity contribution in [3.8, 4) is 28.0 Å². The van der Waals surface area contributed by atoms with Crippen LogP contribution in [0.3, 0.4) is 0 Å². The number of fused-ring (bicyclic) bond motifs is 4. The second kappa shape index (κ2) is 3.64. The van der Waals surface area contributed by atoms with Crippen molar-refractivity contribution < 1.29 is 5.11 Å². The van der Waals surface area contributed by atoms with Gasteiger partial charge in [-0.3, -0.25) is 0 Å². The first-order valence-electron chi connectivity index (χ1n) is 7.10. The molecule has 0 saturated heterocycles. The molecule has 0 atom stereocenters. The van der Waals surface area contributed by atoms with Crippen molar-refractivity contribution in [2.24, 2.45) is 0 Å². The van der Waals surface area contributed by atoms with E-state index >= 15 is 0 Å². The molecule has 1 aliphatic carbocycles. The maximum Gasteiger partial charge on any atom is 0.116 e. The number of aromatic hydroxyl groups is 1. The van der Waals surface area contributed by atoms with Crippen molar-refractivity contribution in [2.75, 3.05) is 0 Å². The minimum absolute atomic E-state index is 0.316. The zero-order valence-corrected chi connectivity index (χ0v) is 11.3. The highest BCUT2D eigenvalue weighted by molar-refractivity contribution is 6.17. The highest BCUT2D eigenvalue weighted by atomic mass is 16.3. The van der Waals surface area contributed by atoms with Gasteiger partial charge >= 0.3 is 0 Å². The molecule has 0 unspecified atom stereocenters. The van der Waals surface area contributed by atoms with E-state index in [0.29, 0.717) is 5.75 Å². The Bertz CT molecular complexity index is 1040. The van der Waals surface area contributed by atoms with Crippen LogP contribution in [0.4, 0.5) is 0 Å². The van der Waals surface area contributed by atoms with Gasteiger partial charge in [0.2, 0.25) is 0 Å². The number of rotatable bonds is 0. The Hall–Kier alpha value is -2.80. The second-order valence-corrected chi connectivity index (χ2v) is 5.64. The molecule has 1 heteroatoms. The van der Waals surface area contributed by atoms with Gasteiger partial charge in [-0.15, -0.1) is 0 Å². The van der Waals surface area contributed by atoms with Gasteiger partial charge in [0.1, 0.15) is 5.75 Å². The van der Waals surface area contributed by atoms with Crippen LogP contribution >= 0.6 is 0 Å². The predicted octanol–water partition coefficient (Wildman–Crippen LogP) is 5.35. The Kier molecular flexibility index (Phi) is 1.90. The van der Waals surface area contributed by atoms with Gasteiger partial charge in [0.05, 0.1) is 0 Å². The molecule has 4 aromatic carbocycles. The first kappa shape index (κ1) is 10.9. The fraction of sp³-hybridized carbons (Fsp3) is 0. The van der Waals surface area contributed by atoms with Gasteiger partial charge in [0, 0.05) is 0 Å². The molecule has 4 aromatic rings. The van der Waals surface area contributed by atoms with Crippen molar-refractivity contribution in [2.45, 2.75) is 0 Å². The minimum Gasteiger partial charge on any atom is -0.508 e. The number of hydrogen-bond donors (Lipinski definition) is 1. The zero-order valence-electron chi connectivity index (χ0n) is 11.3. The molecule has 21 heavy (non-hydrogen) atoms. The van der Waals surface area contributed by atoms with Gasteiger partial charge in [-0.1, -0.05) is 42.5 Å². The lowest BCUT2D eigenvalue weighted by Gasteiger charge is -2.05. The van der Waals surface area contributed by atoms with Crippen LogP contribution in [-0.2, 0) is 0 Å². The van der Waals surface area contributed by atoms with Crippen LogP contribution in [0.1, 0.15) is 0 Å². The molecule has 0 radical (unpaired) electrons. The highest BCUT2D eigenvalue weighted by Crippen LogP contribution is 2.48. The Morgan fingerprint density at radius 2 is 1.19 bits per heavy atom. The van der Waals surface area contributed by atoms with Gasteiger partial charge in [-0.25, -0.2) is 0 Å². The van der Waals surface area contributed by atoms with E-state index in [0.717, 1.165) is 10.8 Å². The topological polar surface area (TPSA) is 20.2 Å². The molecule has 0 saturated carbocycles. The highest BCUT2D eigenvalue weighted by Gasteiger charge is 2.21. The molecular weight excluding hydrogens is 256 g/mol. The van der Waals surface area contributed by atoms with E-state index in [9.17, 15) is 5.11 Å². The lowest BCUT2D eigenvalue weighted by atomic mass is 9.99. The molecular formula is C20H12O. The van der Waals surface area contributed by atoms with Crippen LogP contribution < -0.4 is 0 Å². The van der Waals surface area contributed by atoms with Crippen LogP contribution in [0.25, 0.3) is 43.8 Å². The molecule has 5 rings (SSSR count). The summed E-state index contributed by atoms with van der Waals surface area (Å²) in [6.45, 7) is 0. The Labute approximate surface area is 122 Å². The van der Waals surface area contributed by atoms with Crippen molar-refractivity contribution in [3.63, 3.8) is 0 Å². The molecule has 0 spiro atoms. The monoisotopic (exact) mass is 268 g/mol. The van der Waals surface area contributed by atoms with Gasteiger partial charge in [0.15, 0.2) is 0 Å². The third-order valence-electron chi connectivity index (χ3n) is 4.45. The van der Waals surface area contributed by atoms with Crippen LogP contribution in [0, 0.1) is 0 Å². The Balaban J connectivity index is 1.98. The summed E-state index contributed by atoms with van der Waals surface area (Å²) in [4.78, 5) is 0.